The Kier molecular flexibility index (Phi) is 5.16. The third kappa shape index (κ3) is 4.75. The summed E-state index contributed by atoms with van der Waals surface area (Å²) >= 11 is 3.06. The van der Waals surface area contributed by atoms with Gasteiger partial charge in [0, 0.05) is 17.4 Å². The van der Waals surface area contributed by atoms with Gasteiger partial charge < -0.3 is 15.8 Å². The van der Waals surface area contributed by atoms with E-state index >= 15 is 0 Å². The summed E-state index contributed by atoms with van der Waals surface area (Å²) in [5.74, 6) is 0.0303. The van der Waals surface area contributed by atoms with Crippen LogP contribution in [0.1, 0.15) is 6.42 Å². The largest absolute Gasteiger partial charge is 0.493 e. The molecule has 0 spiro atoms. The van der Waals surface area contributed by atoms with Gasteiger partial charge in [-0.05, 0) is 46.3 Å². The molecule has 0 bridgehead atoms. The van der Waals surface area contributed by atoms with Crippen molar-refractivity contribution in [3.63, 3.8) is 0 Å². The fourth-order valence-electron chi connectivity index (χ4n) is 1.66. The van der Waals surface area contributed by atoms with Crippen LogP contribution >= 0.6 is 15.9 Å². The second kappa shape index (κ2) is 7.08. The number of halogens is 2. The van der Waals surface area contributed by atoms with E-state index in [2.05, 4.69) is 21.2 Å². The summed E-state index contributed by atoms with van der Waals surface area (Å²) < 4.78 is 18.8. The molecule has 0 aliphatic heterocycles. The van der Waals surface area contributed by atoms with E-state index in [1.165, 1.54) is 18.2 Å². The fraction of sp³-hybridized carbons (Fsp3) is 0.133. The minimum absolute atomic E-state index is 0.184. The van der Waals surface area contributed by atoms with Gasteiger partial charge >= 0.3 is 0 Å². The van der Waals surface area contributed by atoms with Gasteiger partial charge in [0.15, 0.2) is 0 Å². The van der Waals surface area contributed by atoms with Crippen LogP contribution in [-0.2, 0) is 4.79 Å². The molecule has 0 saturated heterocycles. The second-order valence-electron chi connectivity index (χ2n) is 4.35. The molecule has 0 aromatic heterocycles. The minimum Gasteiger partial charge on any atom is -0.493 e. The minimum atomic E-state index is -0.377. The lowest BCUT2D eigenvalue weighted by Crippen LogP contribution is -2.15. The van der Waals surface area contributed by atoms with Gasteiger partial charge in [-0.15, -0.1) is 0 Å². The van der Waals surface area contributed by atoms with Crippen molar-refractivity contribution in [1.82, 2.24) is 0 Å². The van der Waals surface area contributed by atoms with E-state index in [1.807, 2.05) is 0 Å². The maximum absolute atomic E-state index is 13.1. The van der Waals surface area contributed by atoms with Crippen LogP contribution in [0.25, 0.3) is 0 Å². The highest BCUT2D eigenvalue weighted by atomic mass is 79.9. The lowest BCUT2D eigenvalue weighted by atomic mass is 10.3. The Bertz CT molecular complexity index is 649. The molecular weight excluding hydrogens is 339 g/mol. The van der Waals surface area contributed by atoms with Gasteiger partial charge in [0.25, 0.3) is 0 Å². The number of hydrogen-bond donors (Lipinski definition) is 2. The van der Waals surface area contributed by atoms with Crippen LogP contribution in [0, 0.1) is 5.82 Å². The molecule has 0 aliphatic carbocycles. The van der Waals surface area contributed by atoms with Crippen LogP contribution in [-0.4, -0.2) is 12.5 Å². The first-order valence-corrected chi connectivity index (χ1v) is 7.07. The number of ether oxygens (including phenoxy) is 1. The van der Waals surface area contributed by atoms with Crippen molar-refractivity contribution in [3.05, 3.63) is 52.8 Å². The van der Waals surface area contributed by atoms with Crippen molar-refractivity contribution < 1.29 is 13.9 Å². The molecule has 0 heterocycles. The van der Waals surface area contributed by atoms with Crippen LogP contribution in [0.4, 0.5) is 15.8 Å². The predicted octanol–water partition coefficient (Wildman–Crippen LogP) is 3.58. The molecule has 0 atom stereocenters. The van der Waals surface area contributed by atoms with Crippen LogP contribution in [0.5, 0.6) is 5.75 Å². The normalized spacial score (nSPS) is 10.2. The summed E-state index contributed by atoms with van der Waals surface area (Å²) in [7, 11) is 0. The molecule has 4 nitrogen and oxygen atoms in total. The van der Waals surface area contributed by atoms with Crippen molar-refractivity contribution in [1.29, 1.82) is 0 Å². The third-order valence-corrected chi connectivity index (χ3v) is 3.27. The molecule has 0 fully saturated rings. The Morgan fingerprint density at radius 1 is 1.29 bits per heavy atom. The number of amides is 1. The zero-order chi connectivity index (χ0) is 15.2. The van der Waals surface area contributed by atoms with Crippen molar-refractivity contribution in [2.24, 2.45) is 0 Å². The van der Waals surface area contributed by atoms with Crippen molar-refractivity contribution in [2.75, 3.05) is 17.7 Å². The lowest BCUT2D eigenvalue weighted by Gasteiger charge is -2.08. The topological polar surface area (TPSA) is 64.3 Å². The smallest absolute Gasteiger partial charge is 0.227 e. The van der Waals surface area contributed by atoms with E-state index in [0.29, 0.717) is 21.6 Å². The first kappa shape index (κ1) is 15.3. The van der Waals surface area contributed by atoms with Gasteiger partial charge in [-0.25, -0.2) is 4.39 Å². The van der Waals surface area contributed by atoms with Gasteiger partial charge in [-0.2, -0.15) is 0 Å². The molecule has 0 aliphatic rings. The zero-order valence-corrected chi connectivity index (χ0v) is 12.7. The van der Waals surface area contributed by atoms with Gasteiger partial charge in [0.1, 0.15) is 11.6 Å². The highest BCUT2D eigenvalue weighted by molar-refractivity contribution is 9.10. The molecule has 2 aromatic rings. The molecule has 0 unspecified atom stereocenters. The Morgan fingerprint density at radius 3 is 2.81 bits per heavy atom. The number of nitrogen functional groups attached to an aromatic ring is 1. The van der Waals surface area contributed by atoms with Gasteiger partial charge in [0.05, 0.1) is 17.5 Å². The molecule has 0 saturated carbocycles. The Labute approximate surface area is 130 Å². The molecule has 6 heteroatoms. The molecule has 2 aromatic carbocycles. The van der Waals surface area contributed by atoms with E-state index < -0.39 is 0 Å². The average molecular weight is 353 g/mol. The van der Waals surface area contributed by atoms with E-state index in [9.17, 15) is 9.18 Å². The third-order valence-electron chi connectivity index (χ3n) is 2.66. The molecule has 2 rings (SSSR count). The van der Waals surface area contributed by atoms with Crippen LogP contribution in [0.15, 0.2) is 46.9 Å². The highest BCUT2D eigenvalue weighted by Gasteiger charge is 2.05. The van der Waals surface area contributed by atoms with Gasteiger partial charge in [-0.3, -0.25) is 4.79 Å². The van der Waals surface area contributed by atoms with E-state index in [1.54, 1.807) is 24.3 Å². The van der Waals surface area contributed by atoms with Crippen molar-refractivity contribution >= 4 is 33.2 Å². The number of hydrogen-bond acceptors (Lipinski definition) is 3. The summed E-state index contributed by atoms with van der Waals surface area (Å²) in [5.41, 5.74) is 6.75. The van der Waals surface area contributed by atoms with Crippen molar-refractivity contribution in [3.8, 4) is 5.75 Å². The van der Waals surface area contributed by atoms with E-state index in [0.717, 1.165) is 0 Å². The fourth-order valence-corrected chi connectivity index (χ4v) is 2.04. The Balaban J connectivity index is 1.81. The van der Waals surface area contributed by atoms with Crippen LogP contribution < -0.4 is 15.8 Å². The van der Waals surface area contributed by atoms with Crippen LogP contribution in [0.3, 0.4) is 0 Å². The monoisotopic (exact) mass is 352 g/mol. The summed E-state index contributed by atoms with van der Waals surface area (Å²) in [5, 5.41) is 2.67. The summed E-state index contributed by atoms with van der Waals surface area (Å²) in [6, 6.07) is 11.3. The average Bonchev–Trinajstić information content (AvgIpc) is 2.43. The van der Waals surface area contributed by atoms with Crippen molar-refractivity contribution in [2.45, 2.75) is 6.42 Å². The lowest BCUT2D eigenvalue weighted by molar-refractivity contribution is -0.116. The number of benzene rings is 2. The second-order valence-corrected chi connectivity index (χ2v) is 5.20. The molecule has 0 radical (unpaired) electrons. The predicted molar refractivity (Wildman–Crippen MR) is 83.7 cm³/mol. The van der Waals surface area contributed by atoms with E-state index in [-0.39, 0.29) is 24.8 Å². The van der Waals surface area contributed by atoms with Gasteiger partial charge in [0.2, 0.25) is 5.91 Å². The summed E-state index contributed by atoms with van der Waals surface area (Å²) in [4.78, 5) is 11.7. The number of rotatable bonds is 5. The molecule has 3 N–H and O–H groups in total. The molecule has 1 amide bonds. The maximum Gasteiger partial charge on any atom is 0.227 e. The number of carbonyl (C=O) groups excluding carboxylic acids is 1. The number of anilines is 2. The number of carbonyl (C=O) groups is 1. The number of nitrogens with one attached hydrogen (secondary N) is 1. The zero-order valence-electron chi connectivity index (χ0n) is 11.1. The molecular formula is C15H14BrFN2O2. The standard InChI is InChI=1S/C15H14BrFN2O2/c16-13-9-11(4-5-14(13)17)19-15(20)6-7-21-12-3-1-2-10(18)8-12/h1-5,8-9H,6-7,18H2,(H,19,20). The molecule has 110 valence electrons. The van der Waals surface area contributed by atoms with E-state index in [4.69, 9.17) is 10.5 Å². The Hall–Kier alpha value is -2.08. The van der Waals surface area contributed by atoms with Gasteiger partial charge in [-0.1, -0.05) is 6.07 Å². The summed E-state index contributed by atoms with van der Waals surface area (Å²) in [6.45, 7) is 0.234. The molecule has 21 heavy (non-hydrogen) atoms. The quantitative estimate of drug-likeness (QED) is 0.808. The Morgan fingerprint density at radius 2 is 2.10 bits per heavy atom. The van der Waals surface area contributed by atoms with Crippen LogP contribution in [0.2, 0.25) is 0 Å². The first-order chi connectivity index (χ1) is 10.0. The summed E-state index contributed by atoms with van der Waals surface area (Å²) in [6.07, 6.45) is 0.184. The number of nitrogens with two attached hydrogens (primary N) is 1. The SMILES string of the molecule is Nc1cccc(OCCC(=O)Nc2ccc(F)c(Br)c2)c1. The first-order valence-electron chi connectivity index (χ1n) is 6.28. The maximum atomic E-state index is 13.1. The highest BCUT2D eigenvalue weighted by Crippen LogP contribution is 2.20.